The van der Waals surface area contributed by atoms with Crippen LogP contribution in [0.1, 0.15) is 48.4 Å². The number of Topliss-reactive ketones (excluding diaryl/α,β-unsaturated/α-hetero) is 2. The highest BCUT2D eigenvalue weighted by molar-refractivity contribution is 6.03. The Balaban J connectivity index is 1.28. The molecule has 2 fully saturated rings. The Labute approximate surface area is 219 Å². The number of benzene rings is 2. The fourth-order valence-electron chi connectivity index (χ4n) is 4.81. The molecule has 0 atom stereocenters. The molecule has 8 heteroatoms. The van der Waals surface area contributed by atoms with Crippen molar-refractivity contribution in [1.29, 1.82) is 0 Å². The highest BCUT2D eigenvalue weighted by Crippen LogP contribution is 2.25. The van der Waals surface area contributed by atoms with Gasteiger partial charge in [0.2, 0.25) is 6.79 Å². The number of ether oxygens (including phenoxy) is 4. The van der Waals surface area contributed by atoms with E-state index in [1.54, 1.807) is 48.5 Å². The van der Waals surface area contributed by atoms with Gasteiger partial charge in [-0.05, 0) is 76.2 Å². The van der Waals surface area contributed by atoms with Crippen LogP contribution in [-0.2, 0) is 9.47 Å². The molecule has 0 amide bonds. The number of hydrogen-bond donors (Lipinski definition) is 0. The summed E-state index contributed by atoms with van der Waals surface area (Å²) in [5.74, 6) is 1.37. The van der Waals surface area contributed by atoms with Crippen molar-refractivity contribution >= 4 is 11.6 Å². The summed E-state index contributed by atoms with van der Waals surface area (Å²) in [6.07, 6.45) is 0. The van der Waals surface area contributed by atoms with E-state index in [2.05, 4.69) is 9.80 Å². The molecule has 2 heterocycles. The molecule has 0 aromatic heterocycles. The first-order valence-corrected chi connectivity index (χ1v) is 12.9. The van der Waals surface area contributed by atoms with Gasteiger partial charge in [0.15, 0.2) is 11.6 Å². The lowest BCUT2D eigenvalue weighted by Crippen LogP contribution is -2.54. The molecule has 8 nitrogen and oxygen atoms in total. The van der Waals surface area contributed by atoms with Crippen LogP contribution in [0.25, 0.3) is 0 Å². The van der Waals surface area contributed by atoms with Crippen molar-refractivity contribution in [2.24, 2.45) is 0 Å². The van der Waals surface area contributed by atoms with Crippen LogP contribution in [0.5, 0.6) is 11.5 Å². The van der Waals surface area contributed by atoms with E-state index < -0.39 is 11.1 Å². The second-order valence-electron chi connectivity index (χ2n) is 10.4. The lowest BCUT2D eigenvalue weighted by molar-refractivity contribution is -0.00442. The number of hydrogen-bond acceptors (Lipinski definition) is 8. The van der Waals surface area contributed by atoms with Crippen molar-refractivity contribution in [3.8, 4) is 11.5 Å². The third kappa shape index (κ3) is 6.38. The Morgan fingerprint density at radius 1 is 0.649 bits per heavy atom. The molecule has 200 valence electrons. The second-order valence-corrected chi connectivity index (χ2v) is 10.4. The normalized spacial score (nSPS) is 17.8. The predicted molar refractivity (Wildman–Crippen MR) is 141 cm³/mol. The SMILES string of the molecule is CC(C)(C(=O)c1ccc(OCOc2ccc(C(=O)C(C)(C)N3CCOCC3)cc2)cc1)N1CCOCC1. The molecule has 2 saturated heterocycles. The third-order valence-corrected chi connectivity index (χ3v) is 7.40. The zero-order valence-corrected chi connectivity index (χ0v) is 22.3. The molecular weight excluding hydrogens is 472 g/mol. The average Bonchev–Trinajstić information content (AvgIpc) is 2.94. The molecule has 37 heavy (non-hydrogen) atoms. The van der Waals surface area contributed by atoms with Crippen molar-refractivity contribution in [2.45, 2.75) is 38.8 Å². The van der Waals surface area contributed by atoms with Crippen LogP contribution in [0.2, 0.25) is 0 Å². The highest BCUT2D eigenvalue weighted by atomic mass is 16.7. The predicted octanol–water partition coefficient (Wildman–Crippen LogP) is 3.69. The summed E-state index contributed by atoms with van der Waals surface area (Å²) >= 11 is 0. The number of nitrogens with zero attached hydrogens (tertiary/aromatic N) is 2. The zero-order chi connectivity index (χ0) is 26.5. The quantitative estimate of drug-likeness (QED) is 0.354. The summed E-state index contributed by atoms with van der Waals surface area (Å²) in [5.41, 5.74) is 0.0931. The molecule has 2 aromatic rings. The van der Waals surface area contributed by atoms with Gasteiger partial charge in [-0.2, -0.15) is 0 Å². The summed E-state index contributed by atoms with van der Waals surface area (Å²) in [7, 11) is 0. The van der Waals surface area contributed by atoms with Crippen LogP contribution in [0.3, 0.4) is 0 Å². The molecule has 2 aliphatic heterocycles. The Bertz CT molecular complexity index is 967. The Kier molecular flexibility index (Phi) is 8.64. The lowest BCUT2D eigenvalue weighted by atomic mass is 9.91. The number of rotatable bonds is 10. The molecule has 0 unspecified atom stereocenters. The van der Waals surface area contributed by atoms with Crippen LogP contribution in [0, 0.1) is 0 Å². The largest absolute Gasteiger partial charge is 0.458 e. The molecule has 0 spiro atoms. The van der Waals surface area contributed by atoms with Gasteiger partial charge in [-0.1, -0.05) is 0 Å². The summed E-state index contributed by atoms with van der Waals surface area (Å²) < 4.78 is 22.3. The Morgan fingerprint density at radius 3 is 1.30 bits per heavy atom. The van der Waals surface area contributed by atoms with Crippen molar-refractivity contribution in [3.05, 3.63) is 59.7 Å². The summed E-state index contributed by atoms with van der Waals surface area (Å²) in [6.45, 7) is 13.4. The topological polar surface area (TPSA) is 77.5 Å². The smallest absolute Gasteiger partial charge is 0.230 e. The van der Waals surface area contributed by atoms with Crippen LogP contribution in [0.15, 0.2) is 48.5 Å². The lowest BCUT2D eigenvalue weighted by Gasteiger charge is -2.39. The van der Waals surface area contributed by atoms with Crippen molar-refractivity contribution in [1.82, 2.24) is 9.80 Å². The minimum Gasteiger partial charge on any atom is -0.458 e. The third-order valence-electron chi connectivity index (χ3n) is 7.40. The Morgan fingerprint density at radius 2 is 0.973 bits per heavy atom. The number of carbonyl (C=O) groups is 2. The maximum absolute atomic E-state index is 13.1. The van der Waals surface area contributed by atoms with Crippen LogP contribution >= 0.6 is 0 Å². The monoisotopic (exact) mass is 510 g/mol. The fraction of sp³-hybridized carbons (Fsp3) is 0.517. The minimum absolute atomic E-state index is 0.0130. The van der Waals surface area contributed by atoms with E-state index >= 15 is 0 Å². The van der Waals surface area contributed by atoms with Crippen molar-refractivity contribution in [3.63, 3.8) is 0 Å². The van der Waals surface area contributed by atoms with E-state index in [0.717, 1.165) is 26.2 Å². The van der Waals surface area contributed by atoms with E-state index in [4.69, 9.17) is 18.9 Å². The van der Waals surface area contributed by atoms with Gasteiger partial charge in [0.25, 0.3) is 0 Å². The van der Waals surface area contributed by atoms with Gasteiger partial charge < -0.3 is 18.9 Å². The van der Waals surface area contributed by atoms with Gasteiger partial charge in [0.1, 0.15) is 11.5 Å². The fourth-order valence-corrected chi connectivity index (χ4v) is 4.81. The van der Waals surface area contributed by atoms with Crippen LogP contribution in [-0.4, -0.2) is 91.8 Å². The molecular formula is C29H38N2O6. The number of morpholine rings is 2. The molecule has 0 radical (unpaired) electrons. The molecule has 4 rings (SSSR count). The zero-order valence-electron chi connectivity index (χ0n) is 22.3. The maximum atomic E-state index is 13.1. The van der Waals surface area contributed by atoms with E-state index in [9.17, 15) is 9.59 Å². The van der Waals surface area contributed by atoms with E-state index in [1.807, 2.05) is 27.7 Å². The van der Waals surface area contributed by atoms with Gasteiger partial charge in [-0.3, -0.25) is 19.4 Å². The molecule has 0 N–H and O–H groups in total. The average molecular weight is 511 g/mol. The summed E-state index contributed by atoms with van der Waals surface area (Å²) in [6, 6.07) is 14.3. The summed E-state index contributed by atoms with van der Waals surface area (Å²) in [5, 5.41) is 0. The molecule has 0 aliphatic carbocycles. The van der Waals surface area contributed by atoms with E-state index in [-0.39, 0.29) is 18.4 Å². The van der Waals surface area contributed by atoms with Gasteiger partial charge in [0.05, 0.1) is 37.5 Å². The van der Waals surface area contributed by atoms with E-state index in [0.29, 0.717) is 49.1 Å². The number of ketones is 2. The van der Waals surface area contributed by atoms with E-state index in [1.165, 1.54) is 0 Å². The second kappa shape index (κ2) is 11.7. The van der Waals surface area contributed by atoms with Crippen molar-refractivity contribution in [2.75, 3.05) is 59.4 Å². The van der Waals surface area contributed by atoms with Crippen molar-refractivity contribution < 1.29 is 28.5 Å². The van der Waals surface area contributed by atoms with Gasteiger partial charge >= 0.3 is 0 Å². The summed E-state index contributed by atoms with van der Waals surface area (Å²) in [4.78, 5) is 30.6. The molecule has 0 saturated carbocycles. The first kappa shape index (κ1) is 27.3. The first-order valence-electron chi connectivity index (χ1n) is 12.9. The first-order chi connectivity index (χ1) is 17.7. The molecule has 0 bridgehead atoms. The van der Waals surface area contributed by atoms with Gasteiger partial charge in [0, 0.05) is 37.3 Å². The molecule has 2 aromatic carbocycles. The van der Waals surface area contributed by atoms with Gasteiger partial charge in [-0.25, -0.2) is 0 Å². The van der Waals surface area contributed by atoms with Crippen LogP contribution in [0.4, 0.5) is 0 Å². The highest BCUT2D eigenvalue weighted by Gasteiger charge is 2.37. The van der Waals surface area contributed by atoms with Crippen LogP contribution < -0.4 is 9.47 Å². The standard InChI is InChI=1S/C29H38N2O6/c1-28(2,30-13-17-34-18-14-30)26(32)22-5-9-24(10-6-22)36-21-37-25-11-7-23(8-12-25)27(33)29(3,4)31-15-19-35-20-16-31/h5-12H,13-21H2,1-4H3. The minimum atomic E-state index is -0.597. The number of carbonyl (C=O) groups excluding carboxylic acids is 2. The maximum Gasteiger partial charge on any atom is 0.230 e. The molecule has 2 aliphatic rings. The van der Waals surface area contributed by atoms with Gasteiger partial charge in [-0.15, -0.1) is 0 Å². The Hall–Kier alpha value is -2.78.